The zero-order valence-electron chi connectivity index (χ0n) is 23.7. The van der Waals surface area contributed by atoms with Crippen LogP contribution in [0.25, 0.3) is 0 Å². The molecule has 0 aromatic heterocycles. The summed E-state index contributed by atoms with van der Waals surface area (Å²) < 4.78 is 31.4. The number of Topliss-reactive ketones (excluding diaryl/α,β-unsaturated/α-hetero) is 1. The number of carbonyl (C=O) groups excluding carboxylic acids is 2. The topological polar surface area (TPSA) is 83.6 Å². The van der Waals surface area contributed by atoms with Crippen LogP contribution in [0.2, 0.25) is 10.0 Å². The number of hydrogen-bond acceptors (Lipinski definition) is 4. The Morgan fingerprint density at radius 1 is 0.886 bits per heavy atom. The lowest BCUT2D eigenvalue weighted by molar-refractivity contribution is -0.125. The highest BCUT2D eigenvalue weighted by atomic mass is 79.9. The minimum absolute atomic E-state index is 0.0290. The zero-order valence-corrected chi connectivity index (χ0v) is 27.6. The van der Waals surface area contributed by atoms with Gasteiger partial charge in [0.25, 0.3) is 0 Å². The SMILES string of the molecule is CC(=O)[C@H](Cc1ccccc1)NC(=O)C1=CC[C@@H](c2cccc(Br)c2)N(S(=O)(=O)c2ccc(Cl)cc2)[C@H]1c1cccc(Cl)c1. The van der Waals surface area contributed by atoms with Crippen LogP contribution in [0.1, 0.15) is 42.1 Å². The van der Waals surface area contributed by atoms with Crippen molar-refractivity contribution in [1.82, 2.24) is 9.62 Å². The van der Waals surface area contributed by atoms with Crippen molar-refractivity contribution in [2.75, 3.05) is 0 Å². The van der Waals surface area contributed by atoms with E-state index in [4.69, 9.17) is 23.2 Å². The minimum atomic E-state index is -4.23. The molecule has 1 aliphatic heterocycles. The van der Waals surface area contributed by atoms with Gasteiger partial charge in [-0.2, -0.15) is 4.31 Å². The van der Waals surface area contributed by atoms with Crippen LogP contribution in [0, 0.1) is 0 Å². The van der Waals surface area contributed by atoms with Gasteiger partial charge < -0.3 is 5.32 Å². The summed E-state index contributed by atoms with van der Waals surface area (Å²) in [4.78, 5) is 26.8. The van der Waals surface area contributed by atoms with E-state index in [0.29, 0.717) is 22.0 Å². The van der Waals surface area contributed by atoms with Crippen molar-refractivity contribution < 1.29 is 18.0 Å². The maximum Gasteiger partial charge on any atom is 0.249 e. The van der Waals surface area contributed by atoms with Crippen LogP contribution in [0.4, 0.5) is 0 Å². The fraction of sp³-hybridized carbons (Fsp3) is 0.176. The quantitative estimate of drug-likeness (QED) is 0.192. The van der Waals surface area contributed by atoms with E-state index in [-0.39, 0.29) is 22.7 Å². The molecule has 0 fully saturated rings. The molecule has 1 heterocycles. The first-order valence-corrected chi connectivity index (χ1v) is 16.9. The van der Waals surface area contributed by atoms with Crippen molar-refractivity contribution in [1.29, 1.82) is 0 Å². The summed E-state index contributed by atoms with van der Waals surface area (Å²) in [5.74, 6) is -0.745. The number of carbonyl (C=O) groups is 2. The van der Waals surface area contributed by atoms with Gasteiger partial charge in [-0.15, -0.1) is 0 Å². The molecule has 226 valence electrons. The number of amides is 1. The van der Waals surface area contributed by atoms with E-state index in [9.17, 15) is 18.0 Å². The second-order valence-electron chi connectivity index (χ2n) is 10.5. The molecule has 0 saturated carbocycles. The summed E-state index contributed by atoms with van der Waals surface area (Å²) in [5.41, 5.74) is 2.35. The normalized spacial score (nSPS) is 17.9. The van der Waals surface area contributed by atoms with Crippen molar-refractivity contribution in [3.8, 4) is 0 Å². The Balaban J connectivity index is 1.65. The molecule has 0 aliphatic carbocycles. The monoisotopic (exact) mass is 710 g/mol. The Hall–Kier alpha value is -3.27. The van der Waals surface area contributed by atoms with Crippen molar-refractivity contribution >= 4 is 60.8 Å². The lowest BCUT2D eigenvalue weighted by Crippen LogP contribution is -2.47. The molecule has 0 unspecified atom stereocenters. The van der Waals surface area contributed by atoms with E-state index < -0.39 is 34.1 Å². The van der Waals surface area contributed by atoms with Crippen molar-refractivity contribution in [2.24, 2.45) is 0 Å². The smallest absolute Gasteiger partial charge is 0.249 e. The predicted molar refractivity (Wildman–Crippen MR) is 177 cm³/mol. The molecule has 5 rings (SSSR count). The lowest BCUT2D eigenvalue weighted by atomic mass is 9.88. The second kappa shape index (κ2) is 13.8. The van der Waals surface area contributed by atoms with Crippen molar-refractivity contribution in [3.63, 3.8) is 0 Å². The minimum Gasteiger partial charge on any atom is -0.342 e. The highest BCUT2D eigenvalue weighted by Crippen LogP contribution is 2.46. The zero-order chi connectivity index (χ0) is 31.4. The Labute approximate surface area is 275 Å². The highest BCUT2D eigenvalue weighted by Gasteiger charge is 2.45. The van der Waals surface area contributed by atoms with Gasteiger partial charge >= 0.3 is 0 Å². The molecule has 1 amide bonds. The van der Waals surface area contributed by atoms with E-state index in [1.165, 1.54) is 35.5 Å². The molecule has 0 spiro atoms. The predicted octanol–water partition coefficient (Wildman–Crippen LogP) is 7.88. The maximum absolute atomic E-state index is 14.6. The van der Waals surface area contributed by atoms with Crippen LogP contribution in [0.3, 0.4) is 0 Å². The number of rotatable bonds is 9. The highest BCUT2D eigenvalue weighted by molar-refractivity contribution is 9.10. The summed E-state index contributed by atoms with van der Waals surface area (Å²) in [6.45, 7) is 1.43. The Morgan fingerprint density at radius 3 is 2.23 bits per heavy atom. The fourth-order valence-corrected chi connectivity index (χ4v) is 7.93. The van der Waals surface area contributed by atoms with Crippen LogP contribution in [0.5, 0.6) is 0 Å². The number of hydrogen-bond donors (Lipinski definition) is 1. The van der Waals surface area contributed by atoms with E-state index in [2.05, 4.69) is 21.2 Å². The van der Waals surface area contributed by atoms with Gasteiger partial charge in [0.15, 0.2) is 5.78 Å². The molecule has 0 radical (unpaired) electrons. The molecule has 0 bridgehead atoms. The van der Waals surface area contributed by atoms with E-state index in [1.807, 2.05) is 54.6 Å². The molecule has 0 saturated heterocycles. The summed E-state index contributed by atoms with van der Waals surface area (Å²) in [5, 5.41) is 3.68. The number of halogens is 3. The van der Waals surface area contributed by atoms with Gasteiger partial charge in [0.05, 0.1) is 23.0 Å². The molecular formula is C34H29BrCl2N2O4S. The van der Waals surface area contributed by atoms with Gasteiger partial charge in [0.2, 0.25) is 15.9 Å². The van der Waals surface area contributed by atoms with Gasteiger partial charge in [-0.3, -0.25) is 9.59 Å². The van der Waals surface area contributed by atoms with Crippen LogP contribution >= 0.6 is 39.1 Å². The third kappa shape index (κ3) is 7.16. The van der Waals surface area contributed by atoms with Gasteiger partial charge in [0.1, 0.15) is 0 Å². The number of benzene rings is 4. The van der Waals surface area contributed by atoms with Crippen LogP contribution < -0.4 is 5.32 Å². The number of sulfonamides is 1. The molecule has 44 heavy (non-hydrogen) atoms. The Morgan fingerprint density at radius 2 is 1.57 bits per heavy atom. The first-order valence-electron chi connectivity index (χ1n) is 13.9. The number of nitrogens with one attached hydrogen (secondary N) is 1. The summed E-state index contributed by atoms with van der Waals surface area (Å²) in [6, 6.07) is 27.1. The van der Waals surface area contributed by atoms with E-state index in [1.54, 1.807) is 30.3 Å². The van der Waals surface area contributed by atoms with E-state index in [0.717, 1.165) is 15.6 Å². The number of ketones is 1. The van der Waals surface area contributed by atoms with E-state index >= 15 is 0 Å². The maximum atomic E-state index is 14.6. The van der Waals surface area contributed by atoms with Crippen molar-refractivity contribution in [3.05, 3.63) is 146 Å². The second-order valence-corrected chi connectivity index (χ2v) is 14.2. The Kier molecular flexibility index (Phi) is 10.1. The summed E-state index contributed by atoms with van der Waals surface area (Å²) >= 11 is 16.0. The molecule has 10 heteroatoms. The molecule has 1 N–H and O–H groups in total. The molecule has 4 aromatic rings. The van der Waals surface area contributed by atoms with Crippen LogP contribution in [-0.4, -0.2) is 30.5 Å². The molecule has 1 aliphatic rings. The summed E-state index contributed by atoms with van der Waals surface area (Å²) in [7, 11) is -4.23. The average molecular weight is 712 g/mol. The van der Waals surface area contributed by atoms with Gasteiger partial charge in [0, 0.05) is 20.1 Å². The standard InChI is InChI=1S/C34H29BrCl2N2O4S/c1-22(40)31(19-23-7-3-2-4-8-23)38-34(41)30-17-18-32(24-9-5-11-26(35)20-24)39(33(30)25-10-6-12-28(37)21-25)44(42,43)29-15-13-27(36)14-16-29/h2-17,20-21,31-33H,18-19H2,1H3,(H,38,41)/t31-,32-,33-/m0/s1. The van der Waals surface area contributed by atoms with Gasteiger partial charge in [-0.1, -0.05) is 99.8 Å². The molecular weight excluding hydrogens is 683 g/mol. The fourth-order valence-electron chi connectivity index (χ4n) is 5.41. The molecule has 6 nitrogen and oxygen atoms in total. The molecule has 3 atom stereocenters. The van der Waals surface area contributed by atoms with Gasteiger partial charge in [-0.05, 0) is 85.0 Å². The third-order valence-electron chi connectivity index (χ3n) is 7.55. The largest absolute Gasteiger partial charge is 0.342 e. The van der Waals surface area contributed by atoms with Crippen LogP contribution in [0.15, 0.2) is 124 Å². The number of nitrogens with zero attached hydrogens (tertiary/aromatic N) is 1. The first kappa shape index (κ1) is 32.1. The first-order chi connectivity index (χ1) is 21.0. The Bertz CT molecular complexity index is 1810. The van der Waals surface area contributed by atoms with Crippen molar-refractivity contribution in [2.45, 2.75) is 42.8 Å². The molecule has 4 aromatic carbocycles. The van der Waals surface area contributed by atoms with Gasteiger partial charge in [-0.25, -0.2) is 8.42 Å². The third-order valence-corrected chi connectivity index (χ3v) is 10.4. The lowest BCUT2D eigenvalue weighted by Gasteiger charge is -2.41. The summed E-state index contributed by atoms with van der Waals surface area (Å²) in [6.07, 6.45) is 2.27. The average Bonchev–Trinajstić information content (AvgIpc) is 3.00. The van der Waals surface area contributed by atoms with Crippen LogP contribution in [-0.2, 0) is 26.0 Å².